The van der Waals surface area contributed by atoms with Crippen LogP contribution in [0.5, 0.6) is 0 Å². The fraction of sp³-hybridized carbons (Fsp3) is 0.400. The van der Waals surface area contributed by atoms with E-state index in [0.29, 0.717) is 0 Å². The first-order chi connectivity index (χ1) is 34.8. The van der Waals surface area contributed by atoms with Gasteiger partial charge in [0.2, 0.25) is 0 Å². The fourth-order valence-electron chi connectivity index (χ4n) is 15.8. The van der Waals surface area contributed by atoms with Gasteiger partial charge < -0.3 is 14.1 Å². The Morgan fingerprint density at radius 3 is 1.64 bits per heavy atom. The van der Waals surface area contributed by atoms with E-state index in [1.165, 1.54) is 142 Å². The molecule has 2 aliphatic heterocycles. The van der Waals surface area contributed by atoms with E-state index in [4.69, 9.17) is 4.42 Å². The minimum absolute atomic E-state index is 0.0227. The van der Waals surface area contributed by atoms with Crippen molar-refractivity contribution in [1.29, 1.82) is 0 Å². The molecule has 3 heterocycles. The fourth-order valence-corrected chi connectivity index (χ4v) is 15.8. The van der Waals surface area contributed by atoms with Gasteiger partial charge >= 0.3 is 6.85 Å². The van der Waals surface area contributed by atoms with Crippen LogP contribution in [0, 0.1) is 6.92 Å². The lowest BCUT2D eigenvalue weighted by Crippen LogP contribution is -2.62. The van der Waals surface area contributed by atoms with Gasteiger partial charge in [-0.05, 0) is 198 Å². The molecule has 7 aromatic carbocycles. The molecule has 0 unspecified atom stereocenters. The first kappa shape index (κ1) is 46.5. The average molecular weight is 971 g/mol. The SMILES string of the molecule is Cc1cc2c(cc1N1c3cc4oc5ccccc5c4cc3B3c4c(cc5c(c41)C(C)(C)c1ccccc1-5)-c1cc4c(cc1N3c1ccc3c(c1)C(C)(C)CCC3(C)C)C(C)(C)CCC4(C)C)C(C)(C)CCC2(C)C. The van der Waals surface area contributed by atoms with Crippen LogP contribution >= 0.6 is 0 Å². The number of nitrogens with zero attached hydrogens (tertiary/aromatic N) is 2. The quantitative estimate of drug-likeness (QED) is 0.161. The van der Waals surface area contributed by atoms with E-state index in [-0.39, 0.29) is 44.8 Å². The Morgan fingerprint density at radius 2 is 0.973 bits per heavy atom. The van der Waals surface area contributed by atoms with Crippen LogP contribution in [0.25, 0.3) is 44.2 Å². The average Bonchev–Trinajstić information content (AvgIpc) is 3.89. The van der Waals surface area contributed by atoms with Gasteiger partial charge in [0.1, 0.15) is 11.2 Å². The summed E-state index contributed by atoms with van der Waals surface area (Å²) in [5.74, 6) is 0. The molecule has 0 bridgehead atoms. The Morgan fingerprint density at radius 1 is 0.419 bits per heavy atom. The summed E-state index contributed by atoms with van der Waals surface area (Å²) in [5, 5.41) is 2.34. The maximum Gasteiger partial charge on any atom is 0.333 e. The van der Waals surface area contributed by atoms with Crippen molar-refractivity contribution in [2.45, 2.75) is 180 Å². The molecule has 0 saturated carbocycles. The molecule has 74 heavy (non-hydrogen) atoms. The molecule has 1 aromatic heterocycles. The molecular formula is C70H75BN2O. The molecular weight excluding hydrogens is 896 g/mol. The highest BCUT2D eigenvalue weighted by Crippen LogP contribution is 2.61. The van der Waals surface area contributed by atoms with E-state index in [1.807, 2.05) is 0 Å². The number of anilines is 5. The van der Waals surface area contributed by atoms with Crippen molar-refractivity contribution < 1.29 is 4.42 Å². The normalized spacial score (nSPS) is 21.0. The molecule has 14 rings (SSSR count). The van der Waals surface area contributed by atoms with Crippen molar-refractivity contribution in [3.8, 4) is 22.3 Å². The van der Waals surface area contributed by atoms with Crippen LogP contribution in [0.4, 0.5) is 28.4 Å². The zero-order valence-electron chi connectivity index (χ0n) is 47.0. The third-order valence-electron chi connectivity index (χ3n) is 20.7. The minimum Gasteiger partial charge on any atom is -0.456 e. The first-order valence-electron chi connectivity index (χ1n) is 28.2. The van der Waals surface area contributed by atoms with Crippen LogP contribution in [0.3, 0.4) is 0 Å². The molecule has 0 N–H and O–H groups in total. The van der Waals surface area contributed by atoms with Gasteiger partial charge in [-0.1, -0.05) is 158 Å². The Labute approximate surface area is 441 Å². The Kier molecular flexibility index (Phi) is 9.10. The summed E-state index contributed by atoms with van der Waals surface area (Å²) in [7, 11) is 0. The maximum absolute atomic E-state index is 7.00. The third-order valence-corrected chi connectivity index (χ3v) is 20.7. The van der Waals surface area contributed by atoms with Gasteiger partial charge in [0.15, 0.2) is 0 Å². The number of hydrogen-bond acceptors (Lipinski definition) is 3. The second kappa shape index (κ2) is 14.5. The van der Waals surface area contributed by atoms with Crippen LogP contribution in [-0.2, 0) is 37.9 Å². The van der Waals surface area contributed by atoms with Crippen molar-refractivity contribution in [2.24, 2.45) is 0 Å². The summed E-state index contributed by atoms with van der Waals surface area (Å²) < 4.78 is 7.00. The minimum atomic E-state index is -0.294. The van der Waals surface area contributed by atoms with Gasteiger partial charge in [0.05, 0.1) is 0 Å². The highest BCUT2D eigenvalue weighted by Gasteiger charge is 2.53. The summed E-state index contributed by atoms with van der Waals surface area (Å²) >= 11 is 0. The van der Waals surface area contributed by atoms with E-state index >= 15 is 0 Å². The predicted octanol–water partition coefficient (Wildman–Crippen LogP) is 18.0. The first-order valence-corrected chi connectivity index (χ1v) is 28.2. The summed E-state index contributed by atoms with van der Waals surface area (Å²) in [4.78, 5) is 5.61. The molecule has 0 spiro atoms. The summed E-state index contributed by atoms with van der Waals surface area (Å²) in [6, 6.07) is 44.0. The number of para-hydroxylation sites is 1. The molecule has 0 saturated heterocycles. The predicted molar refractivity (Wildman–Crippen MR) is 316 cm³/mol. The summed E-state index contributed by atoms with van der Waals surface area (Å²) in [6.07, 6.45) is 7.02. The molecule has 4 aliphatic carbocycles. The number of benzene rings is 7. The van der Waals surface area contributed by atoms with Gasteiger partial charge in [-0.2, -0.15) is 0 Å². The summed E-state index contributed by atoms with van der Waals surface area (Å²) in [5.41, 5.74) is 29.6. The molecule has 0 radical (unpaired) electrons. The zero-order chi connectivity index (χ0) is 51.8. The van der Waals surface area contributed by atoms with Crippen molar-refractivity contribution in [1.82, 2.24) is 0 Å². The number of fused-ring (bicyclic) bond motifs is 14. The monoisotopic (exact) mass is 971 g/mol. The van der Waals surface area contributed by atoms with Crippen LogP contribution < -0.4 is 20.6 Å². The van der Waals surface area contributed by atoms with E-state index in [0.717, 1.165) is 30.4 Å². The standard InChI is InChI=1S/C70H75BN2O/c1-40-32-50-53(68(10,11)30-28-65(50,4)5)37-56(40)72-58-39-60-45(43-21-17-19-23-59(43)74-60)36-55(58)71-62-47(34-46-42-20-16-18-22-48(42)70(14,15)61(46)63(62)72)44-35-52-54(69(12,13)31-29-67(52,8)9)38-57(44)73(71)41-24-25-49-51(33-41)66(6,7)27-26-64(49,2)3/h16-25,32-39H,26-31H2,1-15H3. The second-order valence-corrected chi connectivity index (χ2v) is 28.5. The number of furan rings is 1. The third kappa shape index (κ3) is 6.09. The maximum atomic E-state index is 7.00. The van der Waals surface area contributed by atoms with Crippen LogP contribution in [0.2, 0.25) is 0 Å². The van der Waals surface area contributed by atoms with Crippen molar-refractivity contribution >= 4 is 68.1 Å². The smallest absolute Gasteiger partial charge is 0.333 e. The van der Waals surface area contributed by atoms with Gasteiger partial charge in [0, 0.05) is 56.3 Å². The van der Waals surface area contributed by atoms with Crippen LogP contribution in [0.1, 0.15) is 186 Å². The molecule has 0 fully saturated rings. The van der Waals surface area contributed by atoms with Gasteiger partial charge in [-0.15, -0.1) is 0 Å². The molecule has 3 nitrogen and oxygen atoms in total. The largest absolute Gasteiger partial charge is 0.456 e. The van der Waals surface area contributed by atoms with Gasteiger partial charge in [-0.25, -0.2) is 0 Å². The lowest BCUT2D eigenvalue weighted by Gasteiger charge is -2.50. The molecule has 374 valence electrons. The Hall–Kier alpha value is -6.00. The zero-order valence-corrected chi connectivity index (χ0v) is 47.0. The molecule has 8 aromatic rings. The second-order valence-electron chi connectivity index (χ2n) is 28.5. The van der Waals surface area contributed by atoms with E-state index in [1.54, 1.807) is 0 Å². The number of rotatable bonds is 2. The molecule has 0 atom stereocenters. The lowest BCUT2D eigenvalue weighted by molar-refractivity contribution is 0.332. The summed E-state index contributed by atoms with van der Waals surface area (Å²) in [6.45, 7) is 37.1. The van der Waals surface area contributed by atoms with Crippen molar-refractivity contribution in [3.63, 3.8) is 0 Å². The molecule has 0 amide bonds. The van der Waals surface area contributed by atoms with E-state index in [9.17, 15) is 0 Å². The highest BCUT2D eigenvalue weighted by atomic mass is 16.3. The number of aryl methyl sites for hydroxylation is 1. The van der Waals surface area contributed by atoms with Crippen molar-refractivity contribution in [2.75, 3.05) is 9.71 Å². The van der Waals surface area contributed by atoms with Crippen molar-refractivity contribution in [3.05, 3.63) is 159 Å². The molecule has 4 heteroatoms. The lowest BCUT2D eigenvalue weighted by atomic mass is 9.42. The van der Waals surface area contributed by atoms with E-state index < -0.39 is 0 Å². The Balaban J connectivity index is 1.19. The van der Waals surface area contributed by atoms with Crippen LogP contribution in [0.15, 0.2) is 114 Å². The topological polar surface area (TPSA) is 19.6 Å². The van der Waals surface area contributed by atoms with Crippen LogP contribution in [-0.4, -0.2) is 6.85 Å². The van der Waals surface area contributed by atoms with E-state index in [2.05, 4.69) is 223 Å². The van der Waals surface area contributed by atoms with Gasteiger partial charge in [-0.3, -0.25) is 0 Å². The molecule has 6 aliphatic rings. The van der Waals surface area contributed by atoms with Gasteiger partial charge in [0.25, 0.3) is 0 Å². The number of hydrogen-bond donors (Lipinski definition) is 0. The highest BCUT2D eigenvalue weighted by molar-refractivity contribution is 6.94. The Bertz CT molecular complexity index is 3810.